The van der Waals surface area contributed by atoms with Crippen molar-refractivity contribution in [3.05, 3.63) is 21.4 Å². The maximum atomic E-state index is 12.0. The zero-order valence-corrected chi connectivity index (χ0v) is 12.5. The first-order chi connectivity index (χ1) is 8.93. The van der Waals surface area contributed by atoms with Crippen LogP contribution in [0.4, 0.5) is 0 Å². The average Bonchev–Trinajstić information content (AvgIpc) is 2.69. The van der Waals surface area contributed by atoms with E-state index in [-0.39, 0.29) is 18.4 Å². The first-order valence-electron chi connectivity index (χ1n) is 6.56. The molecule has 0 aliphatic carbocycles. The van der Waals surface area contributed by atoms with Gasteiger partial charge < -0.3 is 10.4 Å². The summed E-state index contributed by atoms with van der Waals surface area (Å²) in [5.74, 6) is -0.938. The summed E-state index contributed by atoms with van der Waals surface area (Å²) in [7, 11) is 0. The van der Waals surface area contributed by atoms with Crippen molar-refractivity contribution in [3.63, 3.8) is 0 Å². The van der Waals surface area contributed by atoms with Crippen molar-refractivity contribution in [2.45, 2.75) is 52.5 Å². The molecule has 1 heterocycles. The van der Waals surface area contributed by atoms with Crippen molar-refractivity contribution in [2.24, 2.45) is 0 Å². The van der Waals surface area contributed by atoms with Crippen LogP contribution in [0.2, 0.25) is 0 Å². The molecule has 0 aromatic carbocycles. The Hall–Kier alpha value is -1.36. The lowest BCUT2D eigenvalue weighted by Crippen LogP contribution is -2.32. The molecular weight excluding hydrogens is 262 g/mol. The number of carboxylic acid groups (broad SMARTS) is 1. The Bertz CT molecular complexity index is 454. The summed E-state index contributed by atoms with van der Waals surface area (Å²) in [6, 6.07) is 1.82. The van der Waals surface area contributed by atoms with Crippen LogP contribution in [0.5, 0.6) is 0 Å². The molecule has 1 aromatic rings. The Morgan fingerprint density at radius 3 is 2.74 bits per heavy atom. The molecule has 0 radical (unpaired) electrons. The molecule has 0 aliphatic rings. The minimum Gasteiger partial charge on any atom is -0.481 e. The highest BCUT2D eigenvalue weighted by Gasteiger charge is 2.14. The van der Waals surface area contributed by atoms with Crippen LogP contribution in [-0.2, 0) is 11.2 Å². The largest absolute Gasteiger partial charge is 0.481 e. The molecule has 2 N–H and O–H groups in total. The molecule has 0 spiro atoms. The van der Waals surface area contributed by atoms with E-state index in [2.05, 4.69) is 12.2 Å². The Labute approximate surface area is 117 Å². The predicted molar refractivity (Wildman–Crippen MR) is 76.8 cm³/mol. The van der Waals surface area contributed by atoms with Crippen molar-refractivity contribution >= 4 is 23.2 Å². The number of thiophene rings is 1. The molecular formula is C14H21NO3S. The van der Waals surface area contributed by atoms with Crippen LogP contribution >= 0.6 is 11.3 Å². The molecule has 1 rings (SSSR count). The number of hydrogen-bond acceptors (Lipinski definition) is 3. The van der Waals surface area contributed by atoms with Gasteiger partial charge in [0, 0.05) is 17.3 Å². The fourth-order valence-electron chi connectivity index (χ4n) is 1.86. The fourth-order valence-corrected chi connectivity index (χ4v) is 2.83. The van der Waals surface area contributed by atoms with Crippen LogP contribution in [0.1, 0.15) is 53.2 Å². The zero-order chi connectivity index (χ0) is 14.4. The number of aryl methyl sites for hydroxylation is 2. The lowest BCUT2D eigenvalue weighted by molar-refractivity contribution is -0.137. The predicted octanol–water partition coefficient (Wildman–Crippen LogP) is 2.99. The lowest BCUT2D eigenvalue weighted by atomic mass is 10.1. The molecule has 19 heavy (non-hydrogen) atoms. The van der Waals surface area contributed by atoms with E-state index in [9.17, 15) is 9.59 Å². The molecule has 5 heteroatoms. The van der Waals surface area contributed by atoms with E-state index in [1.165, 1.54) is 21.8 Å². The lowest BCUT2D eigenvalue weighted by Gasteiger charge is -2.11. The van der Waals surface area contributed by atoms with Crippen molar-refractivity contribution in [1.29, 1.82) is 0 Å². The summed E-state index contributed by atoms with van der Waals surface area (Å²) in [5, 5.41) is 11.4. The van der Waals surface area contributed by atoms with Gasteiger partial charge in [0.1, 0.15) is 0 Å². The Balaban J connectivity index is 2.57. The van der Waals surface area contributed by atoms with Gasteiger partial charge in [-0.05, 0) is 38.3 Å². The van der Waals surface area contributed by atoms with Crippen LogP contribution in [0.3, 0.4) is 0 Å². The monoisotopic (exact) mass is 283 g/mol. The summed E-state index contributed by atoms with van der Waals surface area (Å²) < 4.78 is 0. The van der Waals surface area contributed by atoms with Crippen molar-refractivity contribution in [1.82, 2.24) is 5.32 Å². The van der Waals surface area contributed by atoms with Crippen LogP contribution in [-0.4, -0.2) is 23.0 Å². The minimum atomic E-state index is -0.835. The van der Waals surface area contributed by atoms with Crippen molar-refractivity contribution < 1.29 is 14.7 Å². The number of carbonyl (C=O) groups is 2. The quantitative estimate of drug-likeness (QED) is 0.808. The Morgan fingerprint density at radius 2 is 2.16 bits per heavy atom. The van der Waals surface area contributed by atoms with Gasteiger partial charge in [-0.15, -0.1) is 11.3 Å². The van der Waals surface area contributed by atoms with E-state index in [0.29, 0.717) is 11.3 Å². The fraction of sp³-hybridized carbons (Fsp3) is 0.571. The number of rotatable bonds is 7. The normalized spacial score (nSPS) is 12.2. The van der Waals surface area contributed by atoms with Gasteiger partial charge in [0.05, 0.1) is 4.88 Å². The van der Waals surface area contributed by atoms with Gasteiger partial charge in [0.2, 0.25) is 0 Å². The van der Waals surface area contributed by atoms with E-state index in [0.717, 1.165) is 12.8 Å². The summed E-state index contributed by atoms with van der Waals surface area (Å²) in [6.45, 7) is 5.97. The molecule has 1 amide bonds. The first kappa shape index (κ1) is 15.7. The third-order valence-corrected chi connectivity index (χ3v) is 4.02. The van der Waals surface area contributed by atoms with Crippen molar-refractivity contribution in [2.75, 3.05) is 0 Å². The van der Waals surface area contributed by atoms with E-state index >= 15 is 0 Å². The van der Waals surface area contributed by atoms with Gasteiger partial charge in [0.25, 0.3) is 5.91 Å². The molecule has 0 saturated carbocycles. The average molecular weight is 283 g/mol. The Kier molecular flexibility index (Phi) is 6.02. The van der Waals surface area contributed by atoms with Gasteiger partial charge >= 0.3 is 5.97 Å². The third-order valence-electron chi connectivity index (χ3n) is 2.93. The molecule has 0 fully saturated rings. The van der Waals surface area contributed by atoms with Gasteiger partial charge in [-0.1, -0.05) is 13.3 Å². The van der Waals surface area contributed by atoms with Crippen LogP contribution in [0, 0.1) is 6.92 Å². The molecule has 106 valence electrons. The second-order valence-corrected chi connectivity index (χ2v) is 6.01. The summed E-state index contributed by atoms with van der Waals surface area (Å²) >= 11 is 1.50. The zero-order valence-electron chi connectivity index (χ0n) is 11.7. The van der Waals surface area contributed by atoms with Crippen LogP contribution in [0.15, 0.2) is 6.07 Å². The maximum Gasteiger partial charge on any atom is 0.303 e. The standard InChI is InChI=1S/C14H21NO3S/c1-4-5-11-8-12(19-10(11)3)14(18)15-9(2)6-7-13(16)17/h8-9H,4-7H2,1-3H3,(H,15,18)(H,16,17). The van der Waals surface area contributed by atoms with Gasteiger partial charge in [-0.2, -0.15) is 0 Å². The van der Waals surface area contributed by atoms with E-state index in [4.69, 9.17) is 5.11 Å². The molecule has 4 nitrogen and oxygen atoms in total. The highest BCUT2D eigenvalue weighted by atomic mass is 32.1. The number of nitrogens with one attached hydrogen (secondary N) is 1. The highest BCUT2D eigenvalue weighted by Crippen LogP contribution is 2.22. The molecule has 0 aliphatic heterocycles. The number of aliphatic carboxylic acids is 1. The number of hydrogen-bond donors (Lipinski definition) is 2. The number of amides is 1. The van der Waals surface area contributed by atoms with E-state index < -0.39 is 5.97 Å². The van der Waals surface area contributed by atoms with Gasteiger partial charge in [-0.3, -0.25) is 9.59 Å². The van der Waals surface area contributed by atoms with E-state index in [1.54, 1.807) is 0 Å². The van der Waals surface area contributed by atoms with Crippen LogP contribution < -0.4 is 5.32 Å². The molecule has 1 aromatic heterocycles. The summed E-state index contributed by atoms with van der Waals surface area (Å²) in [5.41, 5.74) is 1.23. The van der Waals surface area contributed by atoms with Gasteiger partial charge in [-0.25, -0.2) is 0 Å². The Morgan fingerprint density at radius 1 is 1.47 bits per heavy atom. The van der Waals surface area contributed by atoms with E-state index in [1.807, 2.05) is 19.9 Å². The summed E-state index contributed by atoms with van der Waals surface area (Å²) in [6.07, 6.45) is 2.58. The maximum absolute atomic E-state index is 12.0. The third kappa shape index (κ3) is 5.03. The molecule has 0 saturated heterocycles. The number of carbonyl (C=O) groups excluding carboxylic acids is 1. The van der Waals surface area contributed by atoms with Crippen molar-refractivity contribution in [3.8, 4) is 0 Å². The minimum absolute atomic E-state index is 0.0754. The van der Waals surface area contributed by atoms with Crippen LogP contribution in [0.25, 0.3) is 0 Å². The highest BCUT2D eigenvalue weighted by molar-refractivity contribution is 7.14. The molecule has 0 bridgehead atoms. The van der Waals surface area contributed by atoms with Gasteiger partial charge in [0.15, 0.2) is 0 Å². The SMILES string of the molecule is CCCc1cc(C(=O)NC(C)CCC(=O)O)sc1C. The number of carboxylic acids is 1. The smallest absolute Gasteiger partial charge is 0.303 e. The summed E-state index contributed by atoms with van der Waals surface area (Å²) in [4.78, 5) is 24.4. The second kappa shape index (κ2) is 7.28. The first-order valence-corrected chi connectivity index (χ1v) is 7.37. The second-order valence-electron chi connectivity index (χ2n) is 4.75. The topological polar surface area (TPSA) is 66.4 Å². The molecule has 1 atom stereocenters. The molecule has 1 unspecified atom stereocenters.